The first-order valence-corrected chi connectivity index (χ1v) is 8.69. The number of ether oxygens (including phenoxy) is 1. The van der Waals surface area contributed by atoms with Gasteiger partial charge in [-0.1, -0.05) is 6.07 Å². The fourth-order valence-electron chi connectivity index (χ4n) is 3.19. The van der Waals surface area contributed by atoms with Crippen molar-refractivity contribution >= 4 is 11.7 Å². The van der Waals surface area contributed by atoms with E-state index in [1.807, 2.05) is 19.0 Å². The lowest BCUT2D eigenvalue weighted by Gasteiger charge is -2.28. The maximum Gasteiger partial charge on any atom is 0.290 e. The highest BCUT2D eigenvalue weighted by molar-refractivity contribution is 6.15. The molecule has 0 saturated carbocycles. The number of benzene rings is 1. The van der Waals surface area contributed by atoms with Crippen LogP contribution in [0.3, 0.4) is 0 Å². The van der Waals surface area contributed by atoms with E-state index in [2.05, 4.69) is 0 Å². The number of phenolic OH excluding ortho intramolecular Hbond substituents is 1. The Hall–Kier alpha value is -3.26. The highest BCUT2D eigenvalue weighted by Gasteiger charge is 2.44. The molecule has 1 aliphatic rings. The van der Waals surface area contributed by atoms with Gasteiger partial charge in [0.25, 0.3) is 5.91 Å². The van der Waals surface area contributed by atoms with E-state index in [-0.39, 0.29) is 29.4 Å². The fraction of sp³-hybridized carbons (Fsp3) is 0.300. The van der Waals surface area contributed by atoms with Gasteiger partial charge < -0.3 is 29.2 Å². The van der Waals surface area contributed by atoms with Gasteiger partial charge in [-0.05, 0) is 43.9 Å². The van der Waals surface area contributed by atoms with Gasteiger partial charge in [0.2, 0.25) is 5.78 Å². The third kappa shape index (κ3) is 3.46. The number of aliphatic hydroxyl groups excluding tert-OH is 1. The van der Waals surface area contributed by atoms with Crippen molar-refractivity contribution in [1.82, 2.24) is 9.80 Å². The third-order valence-corrected chi connectivity index (χ3v) is 4.60. The highest BCUT2D eigenvalue weighted by atomic mass is 16.5. The summed E-state index contributed by atoms with van der Waals surface area (Å²) in [4.78, 5) is 29.0. The molecule has 1 atom stereocenters. The lowest BCUT2D eigenvalue weighted by Crippen LogP contribution is -2.36. The van der Waals surface area contributed by atoms with Gasteiger partial charge in [0.15, 0.2) is 23.0 Å². The van der Waals surface area contributed by atoms with Crippen molar-refractivity contribution in [3.05, 3.63) is 59.3 Å². The van der Waals surface area contributed by atoms with Crippen LogP contribution in [-0.2, 0) is 4.79 Å². The predicted molar refractivity (Wildman–Crippen MR) is 100 cm³/mol. The molecule has 28 heavy (non-hydrogen) atoms. The van der Waals surface area contributed by atoms with Gasteiger partial charge >= 0.3 is 0 Å². The van der Waals surface area contributed by atoms with Crippen LogP contribution in [0.15, 0.2) is 52.3 Å². The number of furan rings is 1. The standard InChI is InChI=1S/C20H22N2O6/c1-21(2)8-9-22-17(12-6-7-14(27-3)13(23)11-12)16(19(25)20(22)26)18(24)15-5-4-10-28-15/h4-7,10-11,17,23,25H,8-9H2,1-3H3. The van der Waals surface area contributed by atoms with Crippen LogP contribution < -0.4 is 4.74 Å². The number of hydrogen-bond donors (Lipinski definition) is 2. The summed E-state index contributed by atoms with van der Waals surface area (Å²) in [6.45, 7) is 0.808. The van der Waals surface area contributed by atoms with Crippen LogP contribution in [0.1, 0.15) is 22.2 Å². The van der Waals surface area contributed by atoms with Crippen molar-refractivity contribution in [2.75, 3.05) is 34.3 Å². The zero-order chi connectivity index (χ0) is 20.4. The van der Waals surface area contributed by atoms with E-state index in [0.717, 1.165) is 0 Å². The van der Waals surface area contributed by atoms with Crippen molar-refractivity contribution in [2.24, 2.45) is 0 Å². The van der Waals surface area contributed by atoms with Crippen molar-refractivity contribution in [3.63, 3.8) is 0 Å². The van der Waals surface area contributed by atoms with Crippen molar-refractivity contribution in [3.8, 4) is 11.5 Å². The number of ketones is 1. The number of likely N-dealkylation sites (N-methyl/N-ethyl adjacent to an activating group) is 1. The topological polar surface area (TPSA) is 103 Å². The molecule has 2 aromatic rings. The molecule has 8 nitrogen and oxygen atoms in total. The Morgan fingerprint density at radius 3 is 2.61 bits per heavy atom. The lowest BCUT2D eigenvalue weighted by molar-refractivity contribution is -0.129. The minimum absolute atomic E-state index is 0.0199. The molecule has 1 aromatic heterocycles. The minimum atomic E-state index is -0.859. The van der Waals surface area contributed by atoms with Crippen LogP contribution in [-0.4, -0.2) is 66.0 Å². The Morgan fingerprint density at radius 1 is 1.29 bits per heavy atom. The van der Waals surface area contributed by atoms with Gasteiger partial charge in [0, 0.05) is 13.1 Å². The number of aromatic hydroxyl groups is 1. The average Bonchev–Trinajstić information content (AvgIpc) is 3.28. The zero-order valence-electron chi connectivity index (χ0n) is 15.9. The van der Waals surface area contributed by atoms with Gasteiger partial charge in [-0.2, -0.15) is 0 Å². The Bertz CT molecular complexity index is 917. The summed E-state index contributed by atoms with van der Waals surface area (Å²) in [6.07, 6.45) is 1.35. The fourth-order valence-corrected chi connectivity index (χ4v) is 3.19. The summed E-state index contributed by atoms with van der Waals surface area (Å²) < 4.78 is 10.2. The van der Waals surface area contributed by atoms with Gasteiger partial charge in [0.05, 0.1) is 25.0 Å². The van der Waals surface area contributed by atoms with E-state index in [4.69, 9.17) is 9.15 Å². The number of hydrogen-bond acceptors (Lipinski definition) is 7. The molecule has 0 radical (unpaired) electrons. The van der Waals surface area contributed by atoms with Crippen LogP contribution in [0.2, 0.25) is 0 Å². The predicted octanol–water partition coefficient (Wildman–Crippen LogP) is 2.13. The number of carbonyl (C=O) groups is 2. The van der Waals surface area contributed by atoms with Crippen LogP contribution in [0.5, 0.6) is 11.5 Å². The van der Waals surface area contributed by atoms with Crippen LogP contribution >= 0.6 is 0 Å². The summed E-state index contributed by atoms with van der Waals surface area (Å²) in [5.41, 5.74) is 0.396. The molecular weight excluding hydrogens is 364 g/mol. The molecule has 2 N–H and O–H groups in total. The Labute approximate surface area is 162 Å². The monoisotopic (exact) mass is 386 g/mol. The maximum absolute atomic E-state index is 13.0. The number of carbonyl (C=O) groups excluding carboxylic acids is 2. The SMILES string of the molecule is COc1ccc(C2C(C(=O)c3ccco3)=C(O)C(=O)N2CCN(C)C)cc1O. The number of rotatable bonds is 7. The van der Waals surface area contributed by atoms with Crippen LogP contribution in [0, 0.1) is 0 Å². The second kappa shape index (κ2) is 7.77. The summed E-state index contributed by atoms with van der Waals surface area (Å²) in [5, 5.41) is 20.7. The molecule has 148 valence electrons. The second-order valence-electron chi connectivity index (χ2n) is 6.70. The second-order valence-corrected chi connectivity index (χ2v) is 6.70. The van der Waals surface area contributed by atoms with E-state index in [0.29, 0.717) is 12.1 Å². The molecule has 0 spiro atoms. The van der Waals surface area contributed by atoms with Crippen LogP contribution in [0.4, 0.5) is 0 Å². The lowest BCUT2D eigenvalue weighted by atomic mass is 9.94. The van der Waals surface area contributed by atoms with Gasteiger partial charge in [-0.15, -0.1) is 0 Å². The molecule has 1 amide bonds. The molecule has 2 heterocycles. The number of Topliss-reactive ketones (excluding diaryl/α,β-unsaturated/α-hetero) is 1. The first kappa shape index (κ1) is 19.5. The molecule has 0 saturated heterocycles. The molecule has 1 aliphatic heterocycles. The van der Waals surface area contributed by atoms with Gasteiger partial charge in [-0.25, -0.2) is 0 Å². The van der Waals surface area contributed by atoms with E-state index in [1.54, 1.807) is 18.2 Å². The third-order valence-electron chi connectivity index (χ3n) is 4.60. The van der Waals surface area contributed by atoms with E-state index in [1.165, 1.54) is 30.4 Å². The zero-order valence-corrected chi connectivity index (χ0v) is 15.9. The van der Waals surface area contributed by atoms with Crippen molar-refractivity contribution in [1.29, 1.82) is 0 Å². The molecule has 1 unspecified atom stereocenters. The van der Waals surface area contributed by atoms with Crippen molar-refractivity contribution in [2.45, 2.75) is 6.04 Å². The number of phenols is 1. The van der Waals surface area contributed by atoms with Crippen LogP contribution in [0.25, 0.3) is 0 Å². The van der Waals surface area contributed by atoms with E-state index in [9.17, 15) is 19.8 Å². The highest BCUT2D eigenvalue weighted by Crippen LogP contribution is 2.41. The summed E-state index contributed by atoms with van der Waals surface area (Å²) in [7, 11) is 5.14. The first-order chi connectivity index (χ1) is 13.3. The Kier molecular flexibility index (Phi) is 5.41. The number of amides is 1. The largest absolute Gasteiger partial charge is 0.504 e. The van der Waals surface area contributed by atoms with E-state index < -0.39 is 23.5 Å². The number of nitrogens with zero attached hydrogens (tertiary/aromatic N) is 2. The minimum Gasteiger partial charge on any atom is -0.504 e. The Morgan fingerprint density at radius 2 is 2.04 bits per heavy atom. The quantitative estimate of drug-likeness (QED) is 0.703. The molecule has 0 bridgehead atoms. The summed E-state index contributed by atoms with van der Waals surface area (Å²) in [5.74, 6) is -1.68. The number of methoxy groups -OCH3 is 1. The first-order valence-electron chi connectivity index (χ1n) is 8.69. The molecular formula is C20H22N2O6. The van der Waals surface area contributed by atoms with Gasteiger partial charge in [-0.3, -0.25) is 9.59 Å². The Balaban J connectivity index is 2.08. The smallest absolute Gasteiger partial charge is 0.290 e. The molecule has 0 aliphatic carbocycles. The number of aliphatic hydroxyl groups is 1. The van der Waals surface area contributed by atoms with Crippen molar-refractivity contribution < 1.29 is 29.0 Å². The molecule has 1 aromatic carbocycles. The molecule has 0 fully saturated rings. The molecule has 8 heteroatoms. The molecule has 3 rings (SSSR count). The summed E-state index contributed by atoms with van der Waals surface area (Å²) in [6, 6.07) is 6.78. The maximum atomic E-state index is 13.0. The normalized spacial score (nSPS) is 16.9. The summed E-state index contributed by atoms with van der Waals surface area (Å²) >= 11 is 0. The van der Waals surface area contributed by atoms with Gasteiger partial charge in [0.1, 0.15) is 0 Å². The van der Waals surface area contributed by atoms with E-state index >= 15 is 0 Å². The average molecular weight is 386 g/mol.